The molecule has 3 heterocycles. The van der Waals surface area contributed by atoms with E-state index in [1.807, 2.05) is 30.3 Å². The van der Waals surface area contributed by atoms with Gasteiger partial charge in [-0.25, -0.2) is 14.8 Å². The molecule has 0 saturated heterocycles. The SMILES string of the molecule is CCOC(=O)C1=C(C)N=c2s/c(=C/c3cc([N+](=O)[O-])ccc3Sc3nc(C)cc(=O)[nH]3)c(=O)n2[C@@H]1c1c(OC)ccc2ccccc12. The number of rotatable bonds is 8. The molecule has 238 valence electrons. The van der Waals surface area contributed by atoms with Gasteiger partial charge in [0.25, 0.3) is 16.8 Å². The largest absolute Gasteiger partial charge is 0.496 e. The number of aryl methyl sites for hydroxylation is 1. The van der Waals surface area contributed by atoms with Crippen LogP contribution < -0.4 is 25.2 Å². The zero-order valence-electron chi connectivity index (χ0n) is 25.6. The minimum Gasteiger partial charge on any atom is -0.496 e. The van der Waals surface area contributed by atoms with E-state index in [1.165, 1.54) is 29.9 Å². The summed E-state index contributed by atoms with van der Waals surface area (Å²) in [5, 5.41) is 13.7. The molecule has 1 atom stereocenters. The molecule has 0 amide bonds. The summed E-state index contributed by atoms with van der Waals surface area (Å²) in [5.41, 5.74) is 1.05. The van der Waals surface area contributed by atoms with Gasteiger partial charge in [0, 0.05) is 34.4 Å². The van der Waals surface area contributed by atoms with E-state index < -0.39 is 22.5 Å². The van der Waals surface area contributed by atoms with Crippen molar-refractivity contribution in [2.24, 2.45) is 4.99 Å². The zero-order chi connectivity index (χ0) is 33.4. The Morgan fingerprint density at radius 1 is 1.15 bits per heavy atom. The maximum Gasteiger partial charge on any atom is 0.338 e. The second-order valence-corrected chi connectivity index (χ2v) is 12.5. The van der Waals surface area contributed by atoms with Crippen LogP contribution in [0.5, 0.6) is 5.75 Å². The van der Waals surface area contributed by atoms with Crippen LogP contribution in [0.3, 0.4) is 0 Å². The molecule has 12 nitrogen and oxygen atoms in total. The lowest BCUT2D eigenvalue weighted by molar-refractivity contribution is -0.384. The molecule has 1 aliphatic rings. The minimum atomic E-state index is -0.950. The average molecular weight is 670 g/mol. The van der Waals surface area contributed by atoms with Gasteiger partial charge in [0.2, 0.25) is 0 Å². The summed E-state index contributed by atoms with van der Waals surface area (Å²) in [5.74, 6) is -0.142. The second-order valence-electron chi connectivity index (χ2n) is 10.5. The number of aromatic nitrogens is 3. The molecular formula is C33H27N5O7S2. The fraction of sp³-hybridized carbons (Fsp3) is 0.182. The molecule has 0 spiro atoms. The van der Waals surface area contributed by atoms with Gasteiger partial charge in [-0.1, -0.05) is 53.4 Å². The lowest BCUT2D eigenvalue weighted by atomic mass is 9.90. The standard InChI is InChI=1S/C33H27N5O7S2/c1-5-45-31(41)27-18(3)35-33-37(29(27)28-22-9-7-6-8-19(22)10-12-23(28)44-4)30(40)25(47-33)16-20-15-21(38(42)43)11-13-24(20)46-32-34-17(2)14-26(39)36-32/h6-16,29H,5H2,1-4H3,(H,34,36,39)/b25-16+/t29-/m0/s1. The first kappa shape index (κ1) is 31.6. The van der Waals surface area contributed by atoms with Crippen LogP contribution in [0, 0.1) is 17.0 Å². The fourth-order valence-corrected chi connectivity index (χ4v) is 7.46. The third kappa shape index (κ3) is 6.00. The molecule has 2 aromatic heterocycles. The van der Waals surface area contributed by atoms with E-state index in [0.717, 1.165) is 33.9 Å². The molecule has 0 bridgehead atoms. The van der Waals surface area contributed by atoms with E-state index >= 15 is 0 Å². The molecule has 6 rings (SSSR count). The van der Waals surface area contributed by atoms with E-state index in [9.17, 15) is 24.5 Å². The van der Waals surface area contributed by atoms with Crippen LogP contribution in [0.1, 0.15) is 36.7 Å². The Bertz CT molecular complexity index is 2380. The number of methoxy groups -OCH3 is 1. The highest BCUT2D eigenvalue weighted by Gasteiger charge is 2.36. The van der Waals surface area contributed by atoms with Crippen LogP contribution in [-0.2, 0) is 9.53 Å². The van der Waals surface area contributed by atoms with Gasteiger partial charge in [0.15, 0.2) is 9.96 Å². The molecule has 0 fully saturated rings. The van der Waals surface area contributed by atoms with E-state index in [1.54, 1.807) is 39.0 Å². The van der Waals surface area contributed by atoms with Gasteiger partial charge >= 0.3 is 5.97 Å². The minimum absolute atomic E-state index is 0.119. The van der Waals surface area contributed by atoms with Gasteiger partial charge in [-0.15, -0.1) is 0 Å². The monoisotopic (exact) mass is 669 g/mol. The van der Waals surface area contributed by atoms with Crippen molar-refractivity contribution in [2.45, 2.75) is 36.9 Å². The van der Waals surface area contributed by atoms with E-state index in [4.69, 9.17) is 9.47 Å². The van der Waals surface area contributed by atoms with Gasteiger partial charge in [0.05, 0.1) is 34.4 Å². The Hall–Kier alpha value is -5.34. The molecule has 1 N–H and O–H groups in total. The average Bonchev–Trinajstić information content (AvgIpc) is 3.33. The number of non-ortho nitro benzene ring substituents is 1. The zero-order valence-corrected chi connectivity index (χ0v) is 27.2. The van der Waals surface area contributed by atoms with E-state index in [0.29, 0.717) is 38.0 Å². The van der Waals surface area contributed by atoms with Gasteiger partial charge in [-0.2, -0.15) is 0 Å². The number of nitrogens with zero attached hydrogens (tertiary/aromatic N) is 4. The molecule has 0 radical (unpaired) electrons. The van der Waals surface area contributed by atoms with Crippen molar-refractivity contribution < 1.29 is 19.2 Å². The lowest BCUT2D eigenvalue weighted by Crippen LogP contribution is -2.40. The van der Waals surface area contributed by atoms with Crippen molar-refractivity contribution in [3.8, 4) is 5.75 Å². The third-order valence-electron chi connectivity index (χ3n) is 7.49. The van der Waals surface area contributed by atoms with Crippen molar-refractivity contribution in [2.75, 3.05) is 13.7 Å². The number of ether oxygens (including phenoxy) is 2. The van der Waals surface area contributed by atoms with Crippen molar-refractivity contribution in [1.82, 2.24) is 14.5 Å². The Labute approximate surface area is 274 Å². The maximum absolute atomic E-state index is 14.4. The number of esters is 1. The number of nitro groups is 1. The Balaban J connectivity index is 1.61. The predicted molar refractivity (Wildman–Crippen MR) is 178 cm³/mol. The van der Waals surface area contributed by atoms with Crippen LogP contribution in [0.25, 0.3) is 16.8 Å². The van der Waals surface area contributed by atoms with Crippen molar-refractivity contribution in [3.05, 3.63) is 129 Å². The van der Waals surface area contributed by atoms with Crippen LogP contribution in [0.2, 0.25) is 0 Å². The van der Waals surface area contributed by atoms with E-state index in [2.05, 4.69) is 15.0 Å². The number of H-pyrrole nitrogens is 1. The van der Waals surface area contributed by atoms with Crippen molar-refractivity contribution >= 4 is 51.6 Å². The van der Waals surface area contributed by atoms with Crippen LogP contribution in [0.15, 0.2) is 96.6 Å². The Morgan fingerprint density at radius 3 is 2.66 bits per heavy atom. The van der Waals surface area contributed by atoms with Crippen LogP contribution in [0.4, 0.5) is 5.69 Å². The highest BCUT2D eigenvalue weighted by Crippen LogP contribution is 2.40. The number of hydrogen-bond donors (Lipinski definition) is 1. The third-order valence-corrected chi connectivity index (χ3v) is 9.45. The van der Waals surface area contributed by atoms with Crippen LogP contribution in [-0.4, -0.2) is 39.1 Å². The van der Waals surface area contributed by atoms with E-state index in [-0.39, 0.29) is 33.1 Å². The molecule has 1 aliphatic heterocycles. The topological polar surface area (TPSA) is 159 Å². The number of nitro benzene ring substituents is 1. The number of benzene rings is 3. The summed E-state index contributed by atoms with van der Waals surface area (Å²) in [6.45, 7) is 5.20. The number of carbonyl (C=O) groups excluding carboxylic acids is 1. The number of thiazole rings is 1. The maximum atomic E-state index is 14.4. The summed E-state index contributed by atoms with van der Waals surface area (Å²) in [4.78, 5) is 63.8. The highest BCUT2D eigenvalue weighted by atomic mass is 32.2. The quantitative estimate of drug-likeness (QED) is 0.109. The molecule has 0 unspecified atom stereocenters. The normalized spacial score (nSPS) is 14.6. The Morgan fingerprint density at radius 2 is 1.94 bits per heavy atom. The van der Waals surface area contributed by atoms with Gasteiger partial charge in [-0.3, -0.25) is 24.3 Å². The summed E-state index contributed by atoms with van der Waals surface area (Å²) in [6.07, 6.45) is 1.55. The highest BCUT2D eigenvalue weighted by molar-refractivity contribution is 7.99. The number of fused-ring (bicyclic) bond motifs is 2. The first-order chi connectivity index (χ1) is 22.6. The predicted octanol–water partition coefficient (Wildman–Crippen LogP) is 4.41. The number of allylic oxidation sites excluding steroid dienone is 1. The Kier molecular flexibility index (Phi) is 8.62. The molecule has 3 aromatic carbocycles. The number of aromatic amines is 1. The first-order valence-corrected chi connectivity index (χ1v) is 16.0. The smallest absolute Gasteiger partial charge is 0.338 e. The summed E-state index contributed by atoms with van der Waals surface area (Å²) in [7, 11) is 1.52. The van der Waals surface area contributed by atoms with Crippen molar-refractivity contribution in [1.29, 1.82) is 0 Å². The number of nitrogens with one attached hydrogen (secondary N) is 1. The van der Waals surface area contributed by atoms with Gasteiger partial charge < -0.3 is 14.5 Å². The molecular weight excluding hydrogens is 643 g/mol. The lowest BCUT2D eigenvalue weighted by Gasteiger charge is -2.27. The number of hydrogen-bond acceptors (Lipinski definition) is 11. The molecule has 0 saturated carbocycles. The molecule has 14 heteroatoms. The summed E-state index contributed by atoms with van der Waals surface area (Å²) < 4.78 is 12.9. The summed E-state index contributed by atoms with van der Waals surface area (Å²) in [6, 6.07) is 15.9. The summed E-state index contributed by atoms with van der Waals surface area (Å²) >= 11 is 2.19. The van der Waals surface area contributed by atoms with Gasteiger partial charge in [0.1, 0.15) is 11.8 Å². The second kappa shape index (κ2) is 12.8. The fourth-order valence-electron chi connectivity index (χ4n) is 5.50. The molecule has 47 heavy (non-hydrogen) atoms. The number of carbonyl (C=O) groups is 1. The molecule has 5 aromatic rings. The van der Waals surface area contributed by atoms with Crippen LogP contribution >= 0.6 is 23.1 Å². The van der Waals surface area contributed by atoms with Gasteiger partial charge in [-0.05, 0) is 55.3 Å². The molecule has 0 aliphatic carbocycles. The van der Waals surface area contributed by atoms with Crippen molar-refractivity contribution in [3.63, 3.8) is 0 Å². The first-order valence-electron chi connectivity index (χ1n) is 14.4.